The van der Waals surface area contributed by atoms with Gasteiger partial charge in [0, 0.05) is 17.1 Å². The number of oxazole rings is 1. The molecule has 4 heteroatoms. The van der Waals surface area contributed by atoms with Crippen LogP contribution in [0.3, 0.4) is 0 Å². The molecule has 1 heterocycles. The number of halogens is 1. The highest BCUT2D eigenvalue weighted by Crippen LogP contribution is 2.26. The van der Waals surface area contributed by atoms with Crippen molar-refractivity contribution in [2.24, 2.45) is 5.73 Å². The quantitative estimate of drug-likeness (QED) is 0.764. The molecule has 90 valence electrons. The molecule has 0 aliphatic carbocycles. The van der Waals surface area contributed by atoms with E-state index in [1.165, 1.54) is 0 Å². The lowest BCUT2D eigenvalue weighted by molar-refractivity contribution is 0.620. The lowest BCUT2D eigenvalue weighted by Crippen LogP contribution is -1.95. The minimum Gasteiger partial charge on any atom is -0.436 e. The largest absolute Gasteiger partial charge is 0.436 e. The van der Waals surface area contributed by atoms with Crippen molar-refractivity contribution in [3.05, 3.63) is 53.1 Å². The van der Waals surface area contributed by atoms with E-state index in [4.69, 9.17) is 21.8 Å². The summed E-state index contributed by atoms with van der Waals surface area (Å²) < 4.78 is 5.68. The lowest BCUT2D eigenvalue weighted by Gasteiger charge is -1.97. The molecular formula is C14H11ClN2O. The van der Waals surface area contributed by atoms with Gasteiger partial charge in [-0.15, -0.1) is 0 Å². The van der Waals surface area contributed by atoms with E-state index in [2.05, 4.69) is 4.98 Å². The maximum Gasteiger partial charge on any atom is 0.227 e. The van der Waals surface area contributed by atoms with Gasteiger partial charge in [-0.1, -0.05) is 23.7 Å². The molecule has 2 aromatic carbocycles. The van der Waals surface area contributed by atoms with Crippen LogP contribution in [0.15, 0.2) is 46.9 Å². The summed E-state index contributed by atoms with van der Waals surface area (Å²) in [6.07, 6.45) is 0. The third kappa shape index (κ3) is 1.98. The average molecular weight is 259 g/mol. The van der Waals surface area contributed by atoms with Crippen LogP contribution in [0.25, 0.3) is 22.6 Å². The van der Waals surface area contributed by atoms with Gasteiger partial charge >= 0.3 is 0 Å². The van der Waals surface area contributed by atoms with E-state index in [9.17, 15) is 0 Å². The smallest absolute Gasteiger partial charge is 0.227 e. The Kier molecular flexibility index (Phi) is 2.78. The van der Waals surface area contributed by atoms with Crippen LogP contribution in [-0.4, -0.2) is 4.98 Å². The zero-order chi connectivity index (χ0) is 12.5. The van der Waals surface area contributed by atoms with Gasteiger partial charge < -0.3 is 10.2 Å². The Morgan fingerprint density at radius 1 is 1.11 bits per heavy atom. The predicted octanol–water partition coefficient (Wildman–Crippen LogP) is 3.61. The maximum absolute atomic E-state index is 5.92. The van der Waals surface area contributed by atoms with Crippen LogP contribution in [0.1, 0.15) is 5.56 Å². The zero-order valence-electron chi connectivity index (χ0n) is 9.56. The molecule has 0 spiro atoms. The molecule has 18 heavy (non-hydrogen) atoms. The molecule has 3 nitrogen and oxygen atoms in total. The first kappa shape index (κ1) is 11.3. The van der Waals surface area contributed by atoms with Crippen LogP contribution in [-0.2, 0) is 6.54 Å². The van der Waals surface area contributed by atoms with Crippen molar-refractivity contribution >= 4 is 22.7 Å². The summed E-state index contributed by atoms with van der Waals surface area (Å²) in [5, 5.41) is 0.654. The summed E-state index contributed by atoms with van der Waals surface area (Å²) >= 11 is 5.92. The van der Waals surface area contributed by atoms with Gasteiger partial charge in [0.2, 0.25) is 5.89 Å². The summed E-state index contributed by atoms with van der Waals surface area (Å²) in [7, 11) is 0. The van der Waals surface area contributed by atoms with Gasteiger partial charge in [-0.25, -0.2) is 4.98 Å². The van der Waals surface area contributed by atoms with E-state index in [1.54, 1.807) is 12.1 Å². The summed E-state index contributed by atoms with van der Waals surface area (Å²) in [6, 6.07) is 13.2. The minimum absolute atomic E-state index is 0.531. The van der Waals surface area contributed by atoms with Crippen molar-refractivity contribution < 1.29 is 4.42 Å². The molecule has 0 aliphatic heterocycles. The summed E-state index contributed by atoms with van der Waals surface area (Å²) in [5.74, 6) is 0.593. The summed E-state index contributed by atoms with van der Waals surface area (Å²) in [6.45, 7) is 0.531. The van der Waals surface area contributed by atoms with Crippen molar-refractivity contribution in [2.75, 3.05) is 0 Å². The molecular weight excluding hydrogens is 248 g/mol. The van der Waals surface area contributed by atoms with Gasteiger partial charge in [0.25, 0.3) is 0 Å². The number of hydrogen-bond acceptors (Lipinski definition) is 3. The van der Waals surface area contributed by atoms with Crippen molar-refractivity contribution in [2.45, 2.75) is 6.54 Å². The van der Waals surface area contributed by atoms with E-state index in [0.717, 1.165) is 22.2 Å². The molecule has 1 aromatic heterocycles. The van der Waals surface area contributed by atoms with Crippen molar-refractivity contribution in [1.82, 2.24) is 4.98 Å². The number of hydrogen-bond donors (Lipinski definition) is 1. The molecule has 0 saturated carbocycles. The van der Waals surface area contributed by atoms with Crippen LogP contribution < -0.4 is 5.73 Å². The van der Waals surface area contributed by atoms with Crippen LogP contribution in [0.5, 0.6) is 0 Å². The highest BCUT2D eigenvalue weighted by atomic mass is 35.5. The maximum atomic E-state index is 5.92. The van der Waals surface area contributed by atoms with Gasteiger partial charge in [0.05, 0.1) is 0 Å². The Hall–Kier alpha value is -1.84. The Balaban J connectivity index is 2.07. The van der Waals surface area contributed by atoms with Crippen molar-refractivity contribution in [3.8, 4) is 11.5 Å². The van der Waals surface area contributed by atoms with Crippen LogP contribution in [0, 0.1) is 0 Å². The standard InChI is InChI=1S/C14H11ClN2O/c15-11-5-6-13-12(7-11)17-14(18-13)10-3-1-9(8-16)2-4-10/h1-7H,8,16H2. The lowest BCUT2D eigenvalue weighted by atomic mass is 10.1. The first-order valence-corrected chi connectivity index (χ1v) is 5.99. The second kappa shape index (κ2) is 4.44. The molecule has 0 aliphatic rings. The van der Waals surface area contributed by atoms with E-state index >= 15 is 0 Å². The fourth-order valence-corrected chi connectivity index (χ4v) is 1.97. The third-order valence-corrected chi connectivity index (χ3v) is 3.02. The van der Waals surface area contributed by atoms with Crippen molar-refractivity contribution in [3.63, 3.8) is 0 Å². The predicted molar refractivity (Wildman–Crippen MR) is 72.3 cm³/mol. The number of rotatable bonds is 2. The molecule has 3 rings (SSSR count). The first-order valence-electron chi connectivity index (χ1n) is 5.62. The SMILES string of the molecule is NCc1ccc(-c2nc3cc(Cl)ccc3o2)cc1. The molecule has 0 saturated heterocycles. The fourth-order valence-electron chi connectivity index (χ4n) is 1.81. The van der Waals surface area contributed by atoms with E-state index in [0.29, 0.717) is 17.5 Å². The van der Waals surface area contributed by atoms with Gasteiger partial charge in [-0.2, -0.15) is 0 Å². The minimum atomic E-state index is 0.531. The normalized spacial score (nSPS) is 11.0. The molecule has 2 N–H and O–H groups in total. The van der Waals surface area contributed by atoms with Gasteiger partial charge in [-0.3, -0.25) is 0 Å². The van der Waals surface area contributed by atoms with Crippen molar-refractivity contribution in [1.29, 1.82) is 0 Å². The molecule has 0 bridgehead atoms. The van der Waals surface area contributed by atoms with Gasteiger partial charge in [-0.05, 0) is 35.9 Å². The number of fused-ring (bicyclic) bond motifs is 1. The average Bonchev–Trinajstić information content (AvgIpc) is 2.81. The number of benzene rings is 2. The monoisotopic (exact) mass is 258 g/mol. The van der Waals surface area contributed by atoms with E-state index < -0.39 is 0 Å². The topological polar surface area (TPSA) is 52.0 Å². The Labute approximate surface area is 109 Å². The molecule has 0 atom stereocenters. The number of aromatic nitrogens is 1. The molecule has 3 aromatic rings. The third-order valence-electron chi connectivity index (χ3n) is 2.79. The van der Waals surface area contributed by atoms with Crippen LogP contribution in [0.4, 0.5) is 0 Å². The Morgan fingerprint density at radius 2 is 1.89 bits per heavy atom. The molecule has 0 fully saturated rings. The van der Waals surface area contributed by atoms with Crippen LogP contribution in [0.2, 0.25) is 5.02 Å². The Bertz CT molecular complexity index is 689. The zero-order valence-corrected chi connectivity index (χ0v) is 10.3. The second-order valence-electron chi connectivity index (χ2n) is 4.03. The fraction of sp³-hybridized carbons (Fsp3) is 0.0714. The molecule has 0 amide bonds. The van der Waals surface area contributed by atoms with Gasteiger partial charge in [0.15, 0.2) is 5.58 Å². The number of nitrogens with two attached hydrogens (primary N) is 1. The molecule has 0 unspecified atom stereocenters. The van der Waals surface area contributed by atoms with Gasteiger partial charge in [0.1, 0.15) is 5.52 Å². The number of nitrogens with zero attached hydrogens (tertiary/aromatic N) is 1. The van der Waals surface area contributed by atoms with Crippen LogP contribution >= 0.6 is 11.6 Å². The van der Waals surface area contributed by atoms with E-state index in [1.807, 2.05) is 30.3 Å². The second-order valence-corrected chi connectivity index (χ2v) is 4.47. The highest BCUT2D eigenvalue weighted by molar-refractivity contribution is 6.31. The molecule has 0 radical (unpaired) electrons. The first-order chi connectivity index (χ1) is 8.76. The van der Waals surface area contributed by atoms with E-state index in [-0.39, 0.29) is 0 Å². The summed E-state index contributed by atoms with van der Waals surface area (Å²) in [5.41, 5.74) is 9.07. The highest BCUT2D eigenvalue weighted by Gasteiger charge is 2.08. The summed E-state index contributed by atoms with van der Waals surface area (Å²) in [4.78, 5) is 4.42. The Morgan fingerprint density at radius 3 is 2.61 bits per heavy atom.